The molecular formula is C17H13Cl3N2O2S. The fourth-order valence-corrected chi connectivity index (χ4v) is 3.54. The number of carbonyl (C=O) groups excluding carboxylic acids is 1. The lowest BCUT2D eigenvalue weighted by Gasteiger charge is -2.23. The number of carbonyl (C=O) groups is 1. The first-order valence-electron chi connectivity index (χ1n) is 7.34. The number of oxazole rings is 1. The lowest BCUT2D eigenvalue weighted by molar-refractivity contribution is -0.120. The summed E-state index contributed by atoms with van der Waals surface area (Å²) in [6.45, 7) is 0. The highest BCUT2D eigenvalue weighted by molar-refractivity contribution is 8.00. The number of para-hydroxylation sites is 2. The van der Waals surface area contributed by atoms with E-state index in [1.165, 1.54) is 0 Å². The van der Waals surface area contributed by atoms with Crippen molar-refractivity contribution in [3.63, 3.8) is 0 Å². The van der Waals surface area contributed by atoms with Crippen LogP contribution in [0.4, 0.5) is 0 Å². The molecule has 0 saturated heterocycles. The number of hydrogen-bond acceptors (Lipinski definition) is 4. The normalized spacial score (nSPS) is 12.9. The number of aromatic nitrogens is 1. The van der Waals surface area contributed by atoms with Crippen molar-refractivity contribution in [2.45, 2.75) is 20.8 Å². The van der Waals surface area contributed by atoms with E-state index in [1.54, 1.807) is 6.07 Å². The molecule has 0 saturated carbocycles. The molecular weight excluding hydrogens is 403 g/mol. The summed E-state index contributed by atoms with van der Waals surface area (Å²) >= 11 is 19.1. The zero-order chi connectivity index (χ0) is 17.9. The van der Waals surface area contributed by atoms with Crippen LogP contribution < -0.4 is 5.32 Å². The van der Waals surface area contributed by atoms with Gasteiger partial charge in [0.1, 0.15) is 10.9 Å². The molecule has 3 aromatic rings. The van der Waals surface area contributed by atoms with Crippen molar-refractivity contribution in [1.82, 2.24) is 10.3 Å². The van der Waals surface area contributed by atoms with Gasteiger partial charge in [0.05, 0.1) is 6.42 Å². The number of fused-ring (bicyclic) bond motifs is 1. The van der Waals surface area contributed by atoms with Crippen molar-refractivity contribution < 1.29 is 9.21 Å². The van der Waals surface area contributed by atoms with E-state index in [2.05, 4.69) is 10.3 Å². The Kier molecular flexibility index (Phi) is 5.79. The summed E-state index contributed by atoms with van der Waals surface area (Å²) < 4.78 is 3.89. The standard InChI is InChI=1S/C17H13Cl3N2O2S/c18-17(19,20)15(22-14(23)10-11-6-2-1-3-7-11)25-16-21-12-8-4-5-9-13(12)24-16/h1-9,15H,10H2,(H,22,23). The Morgan fingerprint density at radius 2 is 1.80 bits per heavy atom. The first kappa shape index (κ1) is 18.4. The summed E-state index contributed by atoms with van der Waals surface area (Å²) in [6.07, 6.45) is 0.187. The Morgan fingerprint density at radius 3 is 2.48 bits per heavy atom. The molecule has 0 aliphatic carbocycles. The van der Waals surface area contributed by atoms with Gasteiger partial charge >= 0.3 is 0 Å². The molecule has 25 heavy (non-hydrogen) atoms. The van der Waals surface area contributed by atoms with Gasteiger partial charge in [-0.25, -0.2) is 4.98 Å². The number of nitrogens with one attached hydrogen (secondary N) is 1. The Hall–Kier alpha value is -1.40. The molecule has 1 amide bonds. The molecule has 0 fully saturated rings. The molecule has 130 valence electrons. The zero-order valence-corrected chi connectivity index (χ0v) is 15.9. The summed E-state index contributed by atoms with van der Waals surface area (Å²) in [5.41, 5.74) is 2.20. The number of hydrogen-bond donors (Lipinski definition) is 1. The maximum Gasteiger partial charge on any atom is 0.258 e. The Balaban J connectivity index is 1.72. The topological polar surface area (TPSA) is 55.1 Å². The fourth-order valence-electron chi connectivity index (χ4n) is 2.16. The monoisotopic (exact) mass is 414 g/mol. The molecule has 4 nitrogen and oxygen atoms in total. The third kappa shape index (κ3) is 5.05. The molecule has 8 heteroatoms. The minimum Gasteiger partial charge on any atom is -0.431 e. The van der Waals surface area contributed by atoms with E-state index in [1.807, 2.05) is 48.5 Å². The van der Waals surface area contributed by atoms with Crippen molar-refractivity contribution in [3.05, 3.63) is 60.2 Å². The second-order valence-electron chi connectivity index (χ2n) is 5.22. The van der Waals surface area contributed by atoms with Crippen LogP contribution in [0.25, 0.3) is 11.1 Å². The average molecular weight is 416 g/mol. The minimum atomic E-state index is -1.72. The van der Waals surface area contributed by atoms with Crippen molar-refractivity contribution in [3.8, 4) is 0 Å². The van der Waals surface area contributed by atoms with Crippen molar-refractivity contribution in [1.29, 1.82) is 0 Å². The van der Waals surface area contributed by atoms with E-state index in [0.29, 0.717) is 16.3 Å². The number of benzene rings is 2. The molecule has 0 radical (unpaired) electrons. The summed E-state index contributed by atoms with van der Waals surface area (Å²) in [5, 5.41) is 2.20. The molecule has 0 aliphatic heterocycles. The van der Waals surface area contributed by atoms with Crippen LogP contribution in [0, 0.1) is 0 Å². The van der Waals surface area contributed by atoms with Crippen LogP contribution in [0.5, 0.6) is 0 Å². The van der Waals surface area contributed by atoms with Crippen LogP contribution in [0.1, 0.15) is 5.56 Å². The SMILES string of the molecule is O=C(Cc1ccccc1)NC(Sc1nc2ccccc2o1)C(Cl)(Cl)Cl. The van der Waals surface area contributed by atoms with Crippen LogP contribution in [0.3, 0.4) is 0 Å². The largest absolute Gasteiger partial charge is 0.431 e. The zero-order valence-electron chi connectivity index (χ0n) is 12.8. The van der Waals surface area contributed by atoms with Crippen LogP contribution in [-0.4, -0.2) is 20.1 Å². The summed E-state index contributed by atoms with van der Waals surface area (Å²) in [4.78, 5) is 16.6. The van der Waals surface area contributed by atoms with Gasteiger partial charge in [0, 0.05) is 0 Å². The van der Waals surface area contributed by atoms with Gasteiger partial charge in [-0.2, -0.15) is 0 Å². The fraction of sp³-hybridized carbons (Fsp3) is 0.176. The third-order valence-corrected chi connectivity index (χ3v) is 5.42. The lowest BCUT2D eigenvalue weighted by atomic mass is 10.1. The molecule has 0 spiro atoms. The Bertz CT molecular complexity index is 832. The number of rotatable bonds is 5. The highest BCUT2D eigenvalue weighted by Gasteiger charge is 2.36. The molecule has 2 aromatic carbocycles. The van der Waals surface area contributed by atoms with Crippen LogP contribution in [0.2, 0.25) is 0 Å². The van der Waals surface area contributed by atoms with E-state index in [4.69, 9.17) is 39.2 Å². The van der Waals surface area contributed by atoms with Crippen LogP contribution in [0.15, 0.2) is 64.2 Å². The number of alkyl halides is 3. The van der Waals surface area contributed by atoms with Crippen molar-refractivity contribution in [2.24, 2.45) is 0 Å². The third-order valence-electron chi connectivity index (χ3n) is 3.29. The predicted octanol–water partition coefficient (Wildman–Crippen LogP) is 4.98. The van der Waals surface area contributed by atoms with Gasteiger partial charge in [-0.05, 0) is 29.5 Å². The second kappa shape index (κ2) is 7.87. The number of thioether (sulfide) groups is 1. The van der Waals surface area contributed by atoms with Crippen LogP contribution >= 0.6 is 46.6 Å². The van der Waals surface area contributed by atoms with E-state index in [-0.39, 0.29) is 12.3 Å². The van der Waals surface area contributed by atoms with Gasteiger partial charge in [0.2, 0.25) is 9.70 Å². The molecule has 1 heterocycles. The number of nitrogens with zero attached hydrogens (tertiary/aromatic N) is 1. The molecule has 1 unspecified atom stereocenters. The van der Waals surface area contributed by atoms with Gasteiger partial charge in [-0.3, -0.25) is 4.79 Å². The smallest absolute Gasteiger partial charge is 0.258 e. The van der Waals surface area contributed by atoms with E-state index >= 15 is 0 Å². The molecule has 3 rings (SSSR count). The molecule has 1 atom stereocenters. The van der Waals surface area contributed by atoms with Gasteiger partial charge in [-0.1, -0.05) is 77.3 Å². The average Bonchev–Trinajstić information content (AvgIpc) is 2.96. The van der Waals surface area contributed by atoms with Crippen molar-refractivity contribution in [2.75, 3.05) is 0 Å². The second-order valence-corrected chi connectivity index (χ2v) is 8.64. The summed E-state index contributed by atoms with van der Waals surface area (Å²) in [6, 6.07) is 16.6. The number of amides is 1. The van der Waals surface area contributed by atoms with Crippen LogP contribution in [-0.2, 0) is 11.2 Å². The first-order valence-corrected chi connectivity index (χ1v) is 9.35. The maximum atomic E-state index is 12.3. The minimum absolute atomic E-state index is 0.187. The quantitative estimate of drug-likeness (QED) is 0.363. The molecule has 1 aromatic heterocycles. The Labute approximate surface area is 163 Å². The van der Waals surface area contributed by atoms with Gasteiger partial charge < -0.3 is 9.73 Å². The van der Waals surface area contributed by atoms with Crippen molar-refractivity contribution >= 4 is 63.6 Å². The highest BCUT2D eigenvalue weighted by atomic mass is 35.6. The van der Waals surface area contributed by atoms with E-state index in [9.17, 15) is 4.79 Å². The van der Waals surface area contributed by atoms with E-state index in [0.717, 1.165) is 17.3 Å². The predicted molar refractivity (Wildman–Crippen MR) is 102 cm³/mol. The lowest BCUT2D eigenvalue weighted by Crippen LogP contribution is -2.42. The molecule has 0 aliphatic rings. The van der Waals surface area contributed by atoms with Gasteiger partial charge in [0.25, 0.3) is 5.22 Å². The maximum absolute atomic E-state index is 12.3. The van der Waals surface area contributed by atoms with Gasteiger partial charge in [-0.15, -0.1) is 0 Å². The first-order chi connectivity index (χ1) is 11.9. The molecule has 0 bridgehead atoms. The molecule has 1 N–H and O–H groups in total. The number of halogens is 3. The van der Waals surface area contributed by atoms with Gasteiger partial charge in [0.15, 0.2) is 5.58 Å². The highest BCUT2D eigenvalue weighted by Crippen LogP contribution is 2.39. The summed E-state index contributed by atoms with van der Waals surface area (Å²) in [5.74, 6) is -0.258. The summed E-state index contributed by atoms with van der Waals surface area (Å²) in [7, 11) is 0. The van der Waals surface area contributed by atoms with E-state index < -0.39 is 9.17 Å². The Morgan fingerprint density at radius 1 is 1.12 bits per heavy atom.